The number of rotatable bonds is 2. The molecule has 3 aromatic rings. The Bertz CT molecular complexity index is 1200. The van der Waals surface area contributed by atoms with Gasteiger partial charge in [0.15, 0.2) is 12.0 Å². The van der Waals surface area contributed by atoms with Crippen molar-refractivity contribution in [1.29, 1.82) is 0 Å². The largest absolute Gasteiger partial charge is 0.383 e. The summed E-state index contributed by atoms with van der Waals surface area (Å²) < 4.78 is 41.4. The number of ether oxygens (including phenoxy) is 4. The van der Waals surface area contributed by atoms with Gasteiger partial charge >= 0.3 is 0 Å². The first-order chi connectivity index (χ1) is 15.3. The van der Waals surface area contributed by atoms with Crippen LogP contribution in [0.25, 0.3) is 11.0 Å². The van der Waals surface area contributed by atoms with E-state index in [1.807, 2.05) is 30.7 Å². The van der Waals surface area contributed by atoms with Crippen LogP contribution in [0.15, 0.2) is 36.8 Å². The number of benzene rings is 1. The lowest BCUT2D eigenvalue weighted by Crippen LogP contribution is -2.37. The molecule has 32 heavy (non-hydrogen) atoms. The number of halogens is 2. The second-order valence-electron chi connectivity index (χ2n) is 8.77. The number of anilines is 1. The van der Waals surface area contributed by atoms with Gasteiger partial charge in [0.1, 0.15) is 48.4 Å². The summed E-state index contributed by atoms with van der Waals surface area (Å²) in [5.41, 5.74) is 7.87. The third kappa shape index (κ3) is 3.03. The molecule has 5 heterocycles. The Balaban J connectivity index is 1.42. The van der Waals surface area contributed by atoms with Crippen LogP contribution in [0.3, 0.4) is 0 Å². The Morgan fingerprint density at radius 3 is 2.78 bits per heavy atom. The van der Waals surface area contributed by atoms with Crippen molar-refractivity contribution in [2.75, 3.05) is 12.3 Å². The zero-order chi connectivity index (χ0) is 22.2. The van der Waals surface area contributed by atoms with E-state index in [1.165, 1.54) is 6.33 Å². The molecule has 0 amide bonds. The van der Waals surface area contributed by atoms with Crippen molar-refractivity contribution in [1.82, 2.24) is 14.5 Å². The van der Waals surface area contributed by atoms with Crippen molar-refractivity contribution >= 4 is 28.5 Å². The lowest BCUT2D eigenvalue weighted by molar-refractivity contribution is -0.214. The van der Waals surface area contributed by atoms with E-state index in [0.29, 0.717) is 27.6 Å². The smallest absolute Gasteiger partial charge is 0.164 e. The van der Waals surface area contributed by atoms with Gasteiger partial charge in [-0.3, -0.25) is 0 Å². The highest BCUT2D eigenvalue weighted by Gasteiger charge is 2.59. The van der Waals surface area contributed by atoms with Crippen molar-refractivity contribution in [3.8, 4) is 0 Å². The average Bonchev–Trinajstić information content (AvgIpc) is 3.40. The SMILES string of the molecule is CC1(C)O[C@H]2[C@@H](O1)[C@H](n1ccc3c(N)ncnc31)O[C@@H]2[C@@H]1OC[C@@H](F)c2cc(Cl)ccc21. The molecule has 6 atom stereocenters. The van der Waals surface area contributed by atoms with E-state index in [9.17, 15) is 4.39 Å². The van der Waals surface area contributed by atoms with Crippen LogP contribution in [0.1, 0.15) is 43.5 Å². The highest BCUT2D eigenvalue weighted by molar-refractivity contribution is 6.30. The molecule has 0 unspecified atom stereocenters. The number of aromatic nitrogens is 3. The summed E-state index contributed by atoms with van der Waals surface area (Å²) in [7, 11) is 0. The maximum absolute atomic E-state index is 14.6. The topological polar surface area (TPSA) is 93.7 Å². The standard InChI is InChI=1S/C22H22ClFN4O4/c1-22(2)31-17-16(15-11-4-3-10(23)7-13(11)14(24)8-29-15)30-21(18(17)32-22)28-6-5-12-19(25)26-9-27-20(12)28/h3-7,9,14-18,21H,8H2,1-2H3,(H2,25,26,27)/t14-,15-,16-,17-,18-,21-/m1/s1. The van der Waals surface area contributed by atoms with Gasteiger partial charge in [-0.1, -0.05) is 17.7 Å². The molecule has 8 nitrogen and oxygen atoms in total. The second kappa shape index (κ2) is 7.10. The van der Waals surface area contributed by atoms with Crippen LogP contribution < -0.4 is 5.73 Å². The maximum Gasteiger partial charge on any atom is 0.164 e. The van der Waals surface area contributed by atoms with Crippen LogP contribution >= 0.6 is 11.6 Å². The minimum Gasteiger partial charge on any atom is -0.383 e. The number of fused-ring (bicyclic) bond motifs is 3. The first kappa shape index (κ1) is 20.3. The molecule has 1 aromatic carbocycles. The molecule has 3 aliphatic rings. The molecular weight excluding hydrogens is 439 g/mol. The van der Waals surface area contributed by atoms with Crippen molar-refractivity contribution in [2.24, 2.45) is 0 Å². The Morgan fingerprint density at radius 1 is 1.12 bits per heavy atom. The lowest BCUT2D eigenvalue weighted by atomic mass is 9.91. The summed E-state index contributed by atoms with van der Waals surface area (Å²) >= 11 is 6.13. The van der Waals surface area contributed by atoms with Crippen molar-refractivity contribution < 1.29 is 23.3 Å². The number of nitrogens with two attached hydrogens (primary N) is 1. The predicted molar refractivity (Wildman–Crippen MR) is 114 cm³/mol. The highest BCUT2D eigenvalue weighted by Crippen LogP contribution is 2.50. The summed E-state index contributed by atoms with van der Waals surface area (Å²) in [6.45, 7) is 3.64. The van der Waals surface area contributed by atoms with Crippen LogP contribution in [-0.4, -0.2) is 45.2 Å². The van der Waals surface area contributed by atoms with Crippen molar-refractivity contribution in [2.45, 2.75) is 56.5 Å². The minimum absolute atomic E-state index is 0.0830. The van der Waals surface area contributed by atoms with E-state index in [4.69, 9.17) is 36.3 Å². The van der Waals surface area contributed by atoms with Crippen LogP contribution in [-0.2, 0) is 18.9 Å². The van der Waals surface area contributed by atoms with Gasteiger partial charge < -0.3 is 29.2 Å². The van der Waals surface area contributed by atoms with E-state index in [-0.39, 0.29) is 6.61 Å². The van der Waals surface area contributed by atoms with Gasteiger partial charge in [-0.05, 0) is 43.2 Å². The van der Waals surface area contributed by atoms with Gasteiger partial charge in [0.25, 0.3) is 0 Å². The molecule has 0 bridgehead atoms. The summed E-state index contributed by atoms with van der Waals surface area (Å²) in [5, 5.41) is 1.20. The van der Waals surface area contributed by atoms with E-state index < -0.39 is 42.6 Å². The lowest BCUT2D eigenvalue weighted by Gasteiger charge is -2.34. The van der Waals surface area contributed by atoms with Crippen LogP contribution in [0, 0.1) is 0 Å². The molecule has 0 spiro atoms. The Kier molecular flexibility index (Phi) is 4.51. The quantitative estimate of drug-likeness (QED) is 0.620. The molecule has 2 aromatic heterocycles. The molecule has 0 radical (unpaired) electrons. The van der Waals surface area contributed by atoms with Crippen LogP contribution in [0.2, 0.25) is 5.02 Å². The summed E-state index contributed by atoms with van der Waals surface area (Å²) in [5.74, 6) is -0.425. The predicted octanol–water partition coefficient (Wildman–Crippen LogP) is 3.87. The van der Waals surface area contributed by atoms with Gasteiger partial charge in [-0.2, -0.15) is 0 Å². The third-order valence-electron chi connectivity index (χ3n) is 6.29. The summed E-state index contributed by atoms with van der Waals surface area (Å²) in [4.78, 5) is 8.44. The van der Waals surface area contributed by atoms with Gasteiger partial charge in [0, 0.05) is 11.2 Å². The number of hydrogen-bond donors (Lipinski definition) is 1. The summed E-state index contributed by atoms with van der Waals surface area (Å²) in [6, 6.07) is 7.02. The molecule has 0 aliphatic carbocycles. The first-order valence-corrected chi connectivity index (χ1v) is 10.8. The number of alkyl halides is 1. The molecule has 2 N–H and O–H groups in total. The third-order valence-corrected chi connectivity index (χ3v) is 6.53. The van der Waals surface area contributed by atoms with Crippen molar-refractivity contribution in [3.05, 3.63) is 52.9 Å². The zero-order valence-electron chi connectivity index (χ0n) is 17.4. The molecule has 0 saturated carbocycles. The monoisotopic (exact) mass is 460 g/mol. The molecule has 2 fully saturated rings. The molecule has 2 saturated heterocycles. The van der Waals surface area contributed by atoms with Gasteiger partial charge in [0.2, 0.25) is 0 Å². The van der Waals surface area contributed by atoms with Crippen LogP contribution in [0.5, 0.6) is 0 Å². The normalized spacial score (nSPS) is 33.4. The van der Waals surface area contributed by atoms with E-state index >= 15 is 0 Å². The van der Waals surface area contributed by atoms with Gasteiger partial charge in [-0.15, -0.1) is 0 Å². The zero-order valence-corrected chi connectivity index (χ0v) is 18.2. The summed E-state index contributed by atoms with van der Waals surface area (Å²) in [6.07, 6.45) is -0.456. The molecular formula is C22H22ClFN4O4. The fourth-order valence-corrected chi connectivity index (χ4v) is 5.17. The number of nitrogens with zero attached hydrogens (tertiary/aromatic N) is 3. The first-order valence-electron chi connectivity index (χ1n) is 10.5. The second-order valence-corrected chi connectivity index (χ2v) is 9.21. The van der Waals surface area contributed by atoms with Gasteiger partial charge in [-0.25, -0.2) is 14.4 Å². The fraction of sp³-hybridized carbons (Fsp3) is 0.455. The average molecular weight is 461 g/mol. The van der Waals surface area contributed by atoms with Gasteiger partial charge in [0.05, 0.1) is 12.0 Å². The Hall–Kier alpha value is -2.30. The Morgan fingerprint density at radius 2 is 1.94 bits per heavy atom. The van der Waals surface area contributed by atoms with Crippen LogP contribution in [0.4, 0.5) is 10.2 Å². The maximum atomic E-state index is 14.6. The van der Waals surface area contributed by atoms with E-state index in [0.717, 1.165) is 5.39 Å². The molecule has 3 aliphatic heterocycles. The van der Waals surface area contributed by atoms with Crippen molar-refractivity contribution in [3.63, 3.8) is 0 Å². The Labute approximate surface area is 188 Å². The minimum atomic E-state index is -1.25. The molecule has 10 heteroatoms. The molecule has 168 valence electrons. The fourth-order valence-electron chi connectivity index (χ4n) is 4.99. The highest BCUT2D eigenvalue weighted by atomic mass is 35.5. The number of hydrogen-bond acceptors (Lipinski definition) is 7. The van der Waals surface area contributed by atoms with E-state index in [1.54, 1.807) is 18.2 Å². The number of nitrogen functional groups attached to an aromatic ring is 1. The molecule has 6 rings (SSSR count). The van der Waals surface area contributed by atoms with E-state index in [2.05, 4.69) is 9.97 Å².